The standard InChI is InChI=1S/C17H17BrN4O4/c1-22-13(6-8-20-22)12-10-11(2-3-14(12)24-9-7-19)21-17(23)26-16-5-4-15(18)25-16/h2-6,8,10H,7,9,19H2,1H3,(H,21,23). The van der Waals surface area contributed by atoms with Gasteiger partial charge >= 0.3 is 6.09 Å². The number of carbonyl (C=O) groups excluding carboxylic acids is 1. The number of amides is 1. The molecule has 3 rings (SSSR count). The molecule has 8 nitrogen and oxygen atoms in total. The zero-order chi connectivity index (χ0) is 18.5. The minimum Gasteiger partial charge on any atom is -0.492 e. The lowest BCUT2D eigenvalue weighted by molar-refractivity contribution is 0.201. The molecule has 0 aliphatic heterocycles. The largest absolute Gasteiger partial charge is 0.492 e. The molecule has 0 aliphatic carbocycles. The number of carbonyl (C=O) groups is 1. The van der Waals surface area contributed by atoms with Crippen molar-refractivity contribution in [3.8, 4) is 23.0 Å². The Kier molecular flexibility index (Phi) is 5.59. The van der Waals surface area contributed by atoms with Gasteiger partial charge in [-0.2, -0.15) is 5.10 Å². The summed E-state index contributed by atoms with van der Waals surface area (Å²) in [5.74, 6) is 0.733. The summed E-state index contributed by atoms with van der Waals surface area (Å²) < 4.78 is 18.1. The minimum absolute atomic E-state index is 0.0872. The van der Waals surface area contributed by atoms with Gasteiger partial charge in [-0.3, -0.25) is 10.00 Å². The topological polar surface area (TPSA) is 105 Å². The van der Waals surface area contributed by atoms with Crippen molar-refractivity contribution in [2.75, 3.05) is 18.5 Å². The molecule has 0 atom stereocenters. The molecular formula is C17H17BrN4O4. The normalized spacial score (nSPS) is 10.6. The molecule has 0 unspecified atom stereocenters. The zero-order valence-electron chi connectivity index (χ0n) is 13.9. The zero-order valence-corrected chi connectivity index (χ0v) is 15.5. The monoisotopic (exact) mass is 420 g/mol. The Morgan fingerprint density at radius 1 is 1.35 bits per heavy atom. The summed E-state index contributed by atoms with van der Waals surface area (Å²) in [4.78, 5) is 12.0. The van der Waals surface area contributed by atoms with E-state index in [9.17, 15) is 4.79 Å². The van der Waals surface area contributed by atoms with Crippen LogP contribution in [0, 0.1) is 0 Å². The second-order valence-electron chi connectivity index (χ2n) is 5.26. The van der Waals surface area contributed by atoms with Crippen molar-refractivity contribution in [1.29, 1.82) is 0 Å². The number of furan rings is 1. The number of rotatable bonds is 6. The second-order valence-corrected chi connectivity index (χ2v) is 6.04. The van der Waals surface area contributed by atoms with E-state index in [0.717, 1.165) is 11.3 Å². The Hall–Kier alpha value is -2.78. The van der Waals surface area contributed by atoms with Crippen molar-refractivity contribution >= 4 is 27.7 Å². The number of hydrogen-bond acceptors (Lipinski definition) is 6. The molecule has 0 spiro atoms. The Balaban J connectivity index is 1.81. The predicted octanol–water partition coefficient (Wildman–Crippen LogP) is 3.39. The molecule has 1 amide bonds. The SMILES string of the molecule is Cn1nccc1-c1cc(NC(=O)Oc2ccc(Br)o2)ccc1OCCN. The fraction of sp³-hybridized carbons (Fsp3) is 0.176. The van der Waals surface area contributed by atoms with Crippen molar-refractivity contribution in [1.82, 2.24) is 9.78 Å². The Morgan fingerprint density at radius 3 is 2.85 bits per heavy atom. The Labute approximate surface area is 158 Å². The third-order valence-electron chi connectivity index (χ3n) is 3.44. The summed E-state index contributed by atoms with van der Waals surface area (Å²) in [6, 6.07) is 10.3. The van der Waals surface area contributed by atoms with E-state index in [4.69, 9.17) is 19.6 Å². The van der Waals surface area contributed by atoms with Gasteiger partial charge in [0, 0.05) is 37.1 Å². The predicted molar refractivity (Wildman–Crippen MR) is 99.2 cm³/mol. The van der Waals surface area contributed by atoms with Crippen molar-refractivity contribution < 1.29 is 18.7 Å². The van der Waals surface area contributed by atoms with E-state index in [2.05, 4.69) is 26.3 Å². The van der Waals surface area contributed by atoms with Crippen LogP contribution in [0.5, 0.6) is 11.7 Å². The molecular weight excluding hydrogens is 404 g/mol. The first-order valence-electron chi connectivity index (χ1n) is 7.76. The first-order valence-corrected chi connectivity index (χ1v) is 8.55. The molecule has 136 valence electrons. The number of nitrogens with two attached hydrogens (primary N) is 1. The molecule has 0 saturated carbocycles. The van der Waals surface area contributed by atoms with Crippen LogP contribution < -0.4 is 20.5 Å². The van der Waals surface area contributed by atoms with E-state index in [-0.39, 0.29) is 5.95 Å². The van der Waals surface area contributed by atoms with Crippen molar-refractivity contribution in [3.63, 3.8) is 0 Å². The van der Waals surface area contributed by atoms with E-state index in [1.165, 1.54) is 6.07 Å². The van der Waals surface area contributed by atoms with Crippen LogP contribution in [0.25, 0.3) is 11.3 Å². The number of nitrogens with one attached hydrogen (secondary N) is 1. The maximum Gasteiger partial charge on any atom is 0.419 e. The maximum absolute atomic E-state index is 12.0. The number of aromatic nitrogens is 2. The first kappa shape index (κ1) is 18.0. The highest BCUT2D eigenvalue weighted by molar-refractivity contribution is 9.10. The smallest absolute Gasteiger partial charge is 0.419 e. The number of anilines is 1. The number of aryl methyl sites for hydroxylation is 1. The Morgan fingerprint density at radius 2 is 2.19 bits per heavy atom. The molecule has 9 heteroatoms. The molecule has 0 aliphatic rings. The average Bonchev–Trinajstić information content (AvgIpc) is 3.21. The molecule has 0 radical (unpaired) electrons. The summed E-state index contributed by atoms with van der Waals surface area (Å²) in [7, 11) is 1.82. The molecule has 1 aromatic carbocycles. The number of ether oxygens (including phenoxy) is 2. The molecule has 26 heavy (non-hydrogen) atoms. The van der Waals surface area contributed by atoms with Gasteiger partial charge in [-0.15, -0.1) is 0 Å². The van der Waals surface area contributed by atoms with Crippen LogP contribution >= 0.6 is 15.9 Å². The summed E-state index contributed by atoms with van der Waals surface area (Å²) in [6.45, 7) is 0.781. The van der Waals surface area contributed by atoms with E-state index < -0.39 is 6.09 Å². The maximum atomic E-state index is 12.0. The van der Waals surface area contributed by atoms with Crippen molar-refractivity contribution in [3.05, 3.63) is 47.3 Å². The fourth-order valence-electron chi connectivity index (χ4n) is 2.33. The van der Waals surface area contributed by atoms with Crippen LogP contribution in [0.4, 0.5) is 10.5 Å². The molecule has 3 N–H and O–H groups in total. The van der Waals surface area contributed by atoms with Gasteiger partial charge in [-0.1, -0.05) is 0 Å². The van der Waals surface area contributed by atoms with Gasteiger partial charge in [0.25, 0.3) is 5.95 Å². The van der Waals surface area contributed by atoms with Crippen LogP contribution in [0.3, 0.4) is 0 Å². The second kappa shape index (κ2) is 8.07. The summed E-state index contributed by atoms with van der Waals surface area (Å²) in [5, 5.41) is 6.83. The van der Waals surface area contributed by atoms with Gasteiger partial charge in [-0.25, -0.2) is 4.79 Å². The lowest BCUT2D eigenvalue weighted by Gasteiger charge is -2.13. The van der Waals surface area contributed by atoms with Crippen LogP contribution in [-0.4, -0.2) is 29.0 Å². The van der Waals surface area contributed by atoms with Crippen LogP contribution in [-0.2, 0) is 7.05 Å². The number of nitrogens with zero attached hydrogens (tertiary/aromatic N) is 2. The van der Waals surface area contributed by atoms with Crippen LogP contribution in [0.1, 0.15) is 0 Å². The van der Waals surface area contributed by atoms with Gasteiger partial charge in [0.15, 0.2) is 4.67 Å². The van der Waals surface area contributed by atoms with Crippen molar-refractivity contribution in [2.45, 2.75) is 0 Å². The highest BCUT2D eigenvalue weighted by Gasteiger charge is 2.14. The van der Waals surface area contributed by atoms with Gasteiger partial charge in [0.05, 0.1) is 5.69 Å². The van der Waals surface area contributed by atoms with E-state index in [1.54, 1.807) is 35.1 Å². The quantitative estimate of drug-likeness (QED) is 0.632. The lowest BCUT2D eigenvalue weighted by atomic mass is 10.1. The van der Waals surface area contributed by atoms with Gasteiger partial charge < -0.3 is 19.6 Å². The third-order valence-corrected chi connectivity index (χ3v) is 3.87. The summed E-state index contributed by atoms with van der Waals surface area (Å²) in [5.41, 5.74) is 7.67. The minimum atomic E-state index is -0.668. The molecule has 3 aromatic rings. The summed E-state index contributed by atoms with van der Waals surface area (Å²) >= 11 is 3.15. The van der Waals surface area contributed by atoms with Crippen molar-refractivity contribution in [2.24, 2.45) is 12.8 Å². The van der Waals surface area contributed by atoms with Gasteiger partial charge in [-0.05, 0) is 46.3 Å². The molecule has 0 saturated heterocycles. The number of hydrogen-bond donors (Lipinski definition) is 2. The van der Waals surface area contributed by atoms with Gasteiger partial charge in [0.1, 0.15) is 12.4 Å². The van der Waals surface area contributed by atoms with E-state index >= 15 is 0 Å². The average molecular weight is 421 g/mol. The third kappa shape index (κ3) is 4.24. The number of halogens is 1. The van der Waals surface area contributed by atoms with Gasteiger partial charge in [0.2, 0.25) is 0 Å². The summed E-state index contributed by atoms with van der Waals surface area (Å²) in [6.07, 6.45) is 1.02. The Bertz CT molecular complexity index is 906. The lowest BCUT2D eigenvalue weighted by Crippen LogP contribution is -2.16. The highest BCUT2D eigenvalue weighted by Crippen LogP contribution is 2.32. The first-order chi connectivity index (χ1) is 12.6. The molecule has 2 aromatic heterocycles. The van der Waals surface area contributed by atoms with E-state index in [0.29, 0.717) is 29.3 Å². The molecule has 0 fully saturated rings. The number of benzene rings is 1. The highest BCUT2D eigenvalue weighted by atomic mass is 79.9. The van der Waals surface area contributed by atoms with E-state index in [1.807, 2.05) is 13.1 Å². The fourth-order valence-corrected chi connectivity index (χ4v) is 2.62. The molecule has 0 bridgehead atoms. The van der Waals surface area contributed by atoms with Crippen LogP contribution in [0.2, 0.25) is 0 Å². The molecule has 2 heterocycles. The van der Waals surface area contributed by atoms with Crippen LogP contribution in [0.15, 0.2) is 51.7 Å².